The fourth-order valence-electron chi connectivity index (χ4n) is 3.60. The number of aromatic nitrogens is 2. The average Bonchev–Trinajstić information content (AvgIpc) is 3.13. The number of carbonyl (C=O) groups excluding carboxylic acids is 2. The Labute approximate surface area is 207 Å². The zero-order valence-corrected chi connectivity index (χ0v) is 19.3. The molecule has 2 aromatic heterocycles. The van der Waals surface area contributed by atoms with Crippen molar-refractivity contribution < 1.29 is 27.2 Å². The molecule has 0 saturated carbocycles. The van der Waals surface area contributed by atoms with Crippen LogP contribution in [0, 0.1) is 5.82 Å². The van der Waals surface area contributed by atoms with E-state index in [-0.39, 0.29) is 34.9 Å². The zero-order chi connectivity index (χ0) is 26.0. The van der Waals surface area contributed by atoms with Crippen molar-refractivity contribution in [1.29, 1.82) is 0 Å². The summed E-state index contributed by atoms with van der Waals surface area (Å²) in [5.41, 5.74) is 0.520. The van der Waals surface area contributed by atoms with Crippen LogP contribution in [0.15, 0.2) is 60.9 Å². The highest BCUT2D eigenvalue weighted by Crippen LogP contribution is 2.36. The number of benzene rings is 2. The molecule has 0 atom stereocenters. The van der Waals surface area contributed by atoms with Gasteiger partial charge in [-0.1, -0.05) is 11.6 Å². The number of halogens is 5. The van der Waals surface area contributed by atoms with E-state index in [4.69, 9.17) is 11.6 Å². The molecule has 0 spiro atoms. The molecule has 0 aliphatic heterocycles. The van der Waals surface area contributed by atoms with E-state index in [1.807, 2.05) is 0 Å². The molecule has 2 aromatic carbocycles. The predicted octanol–water partition coefficient (Wildman–Crippen LogP) is 5.90. The van der Waals surface area contributed by atoms with Crippen LogP contribution in [0.1, 0.15) is 21.6 Å². The lowest BCUT2D eigenvalue weighted by Gasteiger charge is -2.12. The van der Waals surface area contributed by atoms with Crippen LogP contribution in [0.4, 0.5) is 33.7 Å². The van der Waals surface area contributed by atoms with Gasteiger partial charge in [0.15, 0.2) is 0 Å². The van der Waals surface area contributed by atoms with Crippen molar-refractivity contribution in [3.63, 3.8) is 0 Å². The van der Waals surface area contributed by atoms with Gasteiger partial charge in [0.05, 0.1) is 16.1 Å². The molecule has 0 radical (unpaired) electrons. The number of hydrogen-bond acceptors (Lipinski definition) is 3. The van der Waals surface area contributed by atoms with Gasteiger partial charge in [0.2, 0.25) is 0 Å². The van der Waals surface area contributed by atoms with Gasteiger partial charge in [-0.2, -0.15) is 13.2 Å². The summed E-state index contributed by atoms with van der Waals surface area (Å²) < 4.78 is 55.4. The summed E-state index contributed by atoms with van der Waals surface area (Å²) in [6, 6.07) is 10.0. The second-order valence-corrected chi connectivity index (χ2v) is 8.14. The number of rotatable bonds is 5. The van der Waals surface area contributed by atoms with Crippen molar-refractivity contribution in [3.05, 3.63) is 88.6 Å². The molecule has 0 aliphatic carbocycles. The van der Waals surface area contributed by atoms with Crippen molar-refractivity contribution >= 4 is 45.8 Å². The molecular formula is C24H18ClF4N5O2. The molecule has 36 heavy (non-hydrogen) atoms. The third-order valence-electron chi connectivity index (χ3n) is 5.26. The Bertz CT molecular complexity index is 1470. The van der Waals surface area contributed by atoms with Crippen molar-refractivity contribution in [2.24, 2.45) is 0 Å². The van der Waals surface area contributed by atoms with Crippen LogP contribution in [0.25, 0.3) is 10.9 Å². The molecule has 0 aliphatic rings. The van der Waals surface area contributed by atoms with Gasteiger partial charge in [0.25, 0.3) is 5.91 Å². The van der Waals surface area contributed by atoms with E-state index >= 15 is 0 Å². The minimum atomic E-state index is -4.68. The van der Waals surface area contributed by atoms with E-state index in [1.54, 1.807) is 22.8 Å². The largest absolute Gasteiger partial charge is 0.417 e. The second-order valence-electron chi connectivity index (χ2n) is 7.74. The van der Waals surface area contributed by atoms with E-state index in [0.29, 0.717) is 5.52 Å². The molecule has 3 N–H and O–H groups in total. The second kappa shape index (κ2) is 9.86. The molecule has 0 saturated heterocycles. The maximum Gasteiger partial charge on any atom is 0.417 e. The van der Waals surface area contributed by atoms with Gasteiger partial charge in [-0.15, -0.1) is 0 Å². The van der Waals surface area contributed by atoms with Crippen LogP contribution in [0.5, 0.6) is 0 Å². The highest BCUT2D eigenvalue weighted by molar-refractivity contribution is 6.31. The molecule has 7 nitrogen and oxygen atoms in total. The molecule has 2 heterocycles. The Hall–Kier alpha value is -4.12. The average molecular weight is 520 g/mol. The normalized spacial score (nSPS) is 11.4. The Morgan fingerprint density at radius 3 is 2.42 bits per heavy atom. The maximum atomic E-state index is 14.7. The number of pyridine rings is 1. The van der Waals surface area contributed by atoms with Crippen LogP contribution >= 0.6 is 11.6 Å². The smallest absolute Gasteiger partial charge is 0.354 e. The number of amides is 3. The van der Waals surface area contributed by atoms with Gasteiger partial charge >= 0.3 is 12.2 Å². The summed E-state index contributed by atoms with van der Waals surface area (Å²) in [7, 11) is 1.49. The molecule has 0 unspecified atom stereocenters. The number of alkyl halides is 3. The first-order chi connectivity index (χ1) is 17.0. The van der Waals surface area contributed by atoms with E-state index < -0.39 is 28.6 Å². The van der Waals surface area contributed by atoms with Gasteiger partial charge in [-0.25, -0.2) is 9.18 Å². The zero-order valence-electron chi connectivity index (χ0n) is 18.6. The number of anilines is 2. The van der Waals surface area contributed by atoms with E-state index in [0.717, 1.165) is 17.7 Å². The van der Waals surface area contributed by atoms with Gasteiger partial charge < -0.3 is 20.5 Å². The molecule has 0 bridgehead atoms. The SMILES string of the molecule is CNC(=O)c1cc(Cn2cc(F)c3cc(NC(=O)Nc4ccc(Cl)c(C(F)(F)F)c4)ccc32)ccn1. The number of nitrogens with zero attached hydrogens (tertiary/aromatic N) is 2. The van der Waals surface area contributed by atoms with Crippen molar-refractivity contribution in [1.82, 2.24) is 14.9 Å². The first-order valence-corrected chi connectivity index (χ1v) is 10.8. The number of urea groups is 1. The van der Waals surface area contributed by atoms with E-state index in [2.05, 4.69) is 20.9 Å². The quantitative estimate of drug-likeness (QED) is 0.287. The summed E-state index contributed by atoms with van der Waals surface area (Å²) in [5, 5.41) is 7.00. The Morgan fingerprint density at radius 1 is 1.03 bits per heavy atom. The van der Waals surface area contributed by atoms with Crippen LogP contribution in [0.2, 0.25) is 5.02 Å². The van der Waals surface area contributed by atoms with Crippen molar-refractivity contribution in [2.75, 3.05) is 17.7 Å². The fraction of sp³-hybridized carbons (Fsp3) is 0.125. The van der Waals surface area contributed by atoms with Crippen LogP contribution in [-0.4, -0.2) is 28.5 Å². The first-order valence-electron chi connectivity index (χ1n) is 10.5. The third kappa shape index (κ3) is 5.41. The molecule has 4 rings (SSSR count). The first kappa shape index (κ1) is 25.0. The molecule has 4 aromatic rings. The predicted molar refractivity (Wildman–Crippen MR) is 128 cm³/mol. The summed E-state index contributed by atoms with van der Waals surface area (Å²) in [4.78, 5) is 28.2. The number of fused-ring (bicyclic) bond motifs is 1. The number of carbonyl (C=O) groups is 2. The minimum absolute atomic E-state index is 0.115. The summed E-state index contributed by atoms with van der Waals surface area (Å²) >= 11 is 5.59. The maximum absolute atomic E-state index is 14.7. The Balaban J connectivity index is 1.51. The molecule has 0 fully saturated rings. The highest BCUT2D eigenvalue weighted by Gasteiger charge is 2.33. The minimum Gasteiger partial charge on any atom is -0.354 e. The lowest BCUT2D eigenvalue weighted by Crippen LogP contribution is -2.20. The van der Waals surface area contributed by atoms with Gasteiger partial charge in [0, 0.05) is 42.7 Å². The van der Waals surface area contributed by atoms with Gasteiger partial charge in [0.1, 0.15) is 11.5 Å². The van der Waals surface area contributed by atoms with Crippen LogP contribution in [0.3, 0.4) is 0 Å². The lowest BCUT2D eigenvalue weighted by molar-refractivity contribution is -0.137. The summed E-state index contributed by atoms with van der Waals surface area (Å²) in [6.45, 7) is 0.262. The van der Waals surface area contributed by atoms with Gasteiger partial charge in [-0.05, 0) is 54.1 Å². The van der Waals surface area contributed by atoms with E-state index in [9.17, 15) is 27.2 Å². The third-order valence-corrected chi connectivity index (χ3v) is 5.59. The summed E-state index contributed by atoms with van der Waals surface area (Å²) in [6.07, 6.45) is -1.90. The number of nitrogens with one attached hydrogen (secondary N) is 3. The highest BCUT2D eigenvalue weighted by atomic mass is 35.5. The van der Waals surface area contributed by atoms with Crippen molar-refractivity contribution in [2.45, 2.75) is 12.7 Å². The summed E-state index contributed by atoms with van der Waals surface area (Å²) in [5.74, 6) is -0.884. The molecular weight excluding hydrogens is 502 g/mol. The van der Waals surface area contributed by atoms with Crippen LogP contribution in [-0.2, 0) is 12.7 Å². The van der Waals surface area contributed by atoms with Crippen LogP contribution < -0.4 is 16.0 Å². The van der Waals surface area contributed by atoms with Gasteiger partial charge in [-0.3, -0.25) is 9.78 Å². The van der Waals surface area contributed by atoms with Crippen molar-refractivity contribution in [3.8, 4) is 0 Å². The lowest BCUT2D eigenvalue weighted by atomic mass is 10.2. The Morgan fingerprint density at radius 2 is 1.72 bits per heavy atom. The topological polar surface area (TPSA) is 88.0 Å². The molecule has 186 valence electrons. The fourth-order valence-corrected chi connectivity index (χ4v) is 3.82. The number of hydrogen-bond donors (Lipinski definition) is 3. The molecule has 12 heteroatoms. The molecule has 3 amide bonds. The Kier molecular flexibility index (Phi) is 6.84. The monoisotopic (exact) mass is 519 g/mol. The standard InChI is InChI=1S/C24H18ClF4N5O2/c1-30-22(35)20-8-13(6-7-31-20)11-34-12-19(26)16-9-14(3-5-21(16)34)32-23(36)33-15-2-4-18(25)17(10-15)24(27,28)29/h2-10,12H,11H2,1H3,(H,30,35)(H2,32,33,36). The van der Waals surface area contributed by atoms with E-state index in [1.165, 1.54) is 37.6 Å².